The zero-order valence-corrected chi connectivity index (χ0v) is 14.6. The van der Waals surface area contributed by atoms with E-state index in [-0.39, 0.29) is 31.0 Å². The van der Waals surface area contributed by atoms with Crippen LogP contribution in [0.15, 0.2) is 0 Å². The van der Waals surface area contributed by atoms with Crippen LogP contribution in [-0.2, 0) is 24.0 Å². The highest BCUT2D eigenvalue weighted by Crippen LogP contribution is 2.09. The zero-order chi connectivity index (χ0) is 19.8. The minimum Gasteiger partial charge on any atom is -0.481 e. The van der Waals surface area contributed by atoms with Crippen LogP contribution in [0.3, 0.4) is 0 Å². The molecule has 0 saturated heterocycles. The fraction of sp³-hybridized carbons (Fsp3) is 0.688. The van der Waals surface area contributed by atoms with Crippen molar-refractivity contribution in [3.8, 4) is 0 Å². The van der Waals surface area contributed by atoms with Gasteiger partial charge in [-0.25, -0.2) is 4.79 Å². The third-order valence-electron chi connectivity index (χ3n) is 3.37. The number of amides is 1. The predicted octanol–water partition coefficient (Wildman–Crippen LogP) is 1.30. The monoisotopic (exact) mass is 361 g/mol. The summed E-state index contributed by atoms with van der Waals surface area (Å²) < 4.78 is 0. The molecule has 1 amide bonds. The number of unbranched alkanes of at least 4 members (excludes halogenated alkanes) is 1. The molecule has 0 aromatic heterocycles. The molecule has 2 atom stereocenters. The van der Waals surface area contributed by atoms with Crippen molar-refractivity contribution in [2.75, 3.05) is 0 Å². The topological polar surface area (TPSA) is 158 Å². The molecular weight excluding hydrogens is 334 g/mol. The molecule has 144 valence electrons. The van der Waals surface area contributed by atoms with E-state index in [1.54, 1.807) is 6.92 Å². The zero-order valence-electron chi connectivity index (χ0n) is 14.6. The number of carbonyl (C=O) groups is 5. The second-order valence-corrected chi connectivity index (χ2v) is 5.49. The summed E-state index contributed by atoms with van der Waals surface area (Å²) in [7, 11) is 0. The lowest BCUT2D eigenvalue weighted by atomic mass is 10.0. The van der Waals surface area contributed by atoms with Crippen LogP contribution in [0.5, 0.6) is 0 Å². The Kier molecular flexibility index (Phi) is 15.0. The van der Waals surface area contributed by atoms with Crippen LogP contribution >= 0.6 is 0 Å². The van der Waals surface area contributed by atoms with E-state index in [1.807, 2.05) is 12.2 Å². The lowest BCUT2D eigenvalue weighted by molar-refractivity contribution is -0.142. The van der Waals surface area contributed by atoms with Gasteiger partial charge in [-0.15, -0.1) is 0 Å². The van der Waals surface area contributed by atoms with Gasteiger partial charge in [0.25, 0.3) is 0 Å². The van der Waals surface area contributed by atoms with E-state index in [1.165, 1.54) is 0 Å². The molecule has 0 heterocycles. The van der Waals surface area contributed by atoms with Crippen LogP contribution in [0.4, 0.5) is 0 Å². The van der Waals surface area contributed by atoms with Gasteiger partial charge in [0.1, 0.15) is 11.8 Å². The molecule has 9 heteroatoms. The van der Waals surface area contributed by atoms with E-state index >= 15 is 0 Å². The Balaban J connectivity index is 0. The molecule has 4 N–H and O–H groups in total. The first-order valence-corrected chi connectivity index (χ1v) is 8.04. The number of hydrogen-bond acceptors (Lipinski definition) is 5. The van der Waals surface area contributed by atoms with Gasteiger partial charge in [0.15, 0.2) is 0 Å². The molecule has 0 aliphatic rings. The lowest BCUT2D eigenvalue weighted by Crippen LogP contribution is -2.36. The Hall–Kier alpha value is -2.45. The highest BCUT2D eigenvalue weighted by atomic mass is 16.4. The number of ketones is 1. The Morgan fingerprint density at radius 1 is 0.960 bits per heavy atom. The summed E-state index contributed by atoms with van der Waals surface area (Å²) in [5.74, 6) is -3.08. The number of rotatable bonds is 13. The van der Waals surface area contributed by atoms with E-state index in [2.05, 4.69) is 0 Å². The van der Waals surface area contributed by atoms with E-state index in [0.29, 0.717) is 19.3 Å². The smallest absolute Gasteiger partial charge is 0.326 e. The minimum absolute atomic E-state index is 0.108. The van der Waals surface area contributed by atoms with Crippen molar-refractivity contribution in [2.45, 2.75) is 64.8 Å². The van der Waals surface area contributed by atoms with Crippen molar-refractivity contribution in [3.63, 3.8) is 0 Å². The molecule has 0 spiro atoms. The Labute approximate surface area is 146 Å². The van der Waals surface area contributed by atoms with Crippen molar-refractivity contribution >= 4 is 30.1 Å². The highest BCUT2D eigenvalue weighted by molar-refractivity contribution is 5.78. The summed E-state index contributed by atoms with van der Waals surface area (Å²) in [4.78, 5) is 51.4. The first-order valence-electron chi connectivity index (χ1n) is 8.04. The van der Waals surface area contributed by atoms with Gasteiger partial charge in [-0.1, -0.05) is 20.3 Å². The van der Waals surface area contributed by atoms with Gasteiger partial charge in [0.05, 0.1) is 5.92 Å². The Morgan fingerprint density at radius 3 is 1.96 bits per heavy atom. The molecule has 25 heavy (non-hydrogen) atoms. The van der Waals surface area contributed by atoms with E-state index in [4.69, 9.17) is 15.3 Å². The summed E-state index contributed by atoms with van der Waals surface area (Å²) in [6.07, 6.45) is 3.37. The molecule has 0 saturated carbocycles. The Bertz CT molecular complexity index is 449. The average Bonchev–Trinajstić information content (AvgIpc) is 2.54. The molecule has 0 radical (unpaired) electrons. The van der Waals surface area contributed by atoms with Crippen molar-refractivity contribution in [1.82, 2.24) is 5.32 Å². The van der Waals surface area contributed by atoms with Crippen LogP contribution < -0.4 is 5.32 Å². The maximum absolute atomic E-state index is 10.9. The number of hydrogen-bond donors (Lipinski definition) is 4. The molecule has 9 nitrogen and oxygen atoms in total. The molecular formula is C16H27NO8. The minimum atomic E-state index is -1.23. The van der Waals surface area contributed by atoms with Crippen molar-refractivity contribution < 1.29 is 39.3 Å². The van der Waals surface area contributed by atoms with Crippen LogP contribution in [0.1, 0.15) is 58.8 Å². The number of Topliss-reactive ketones (excluding diaryl/α,β-unsaturated/α-hetero) is 1. The Morgan fingerprint density at radius 2 is 1.56 bits per heavy atom. The molecule has 0 bridgehead atoms. The van der Waals surface area contributed by atoms with E-state index in [9.17, 15) is 24.0 Å². The summed E-state index contributed by atoms with van der Waals surface area (Å²) in [6, 6.07) is -1.11. The van der Waals surface area contributed by atoms with E-state index in [0.717, 1.165) is 12.8 Å². The molecule has 0 aliphatic carbocycles. The van der Waals surface area contributed by atoms with Gasteiger partial charge in [-0.2, -0.15) is 0 Å². The fourth-order valence-electron chi connectivity index (χ4n) is 1.70. The second-order valence-electron chi connectivity index (χ2n) is 5.49. The van der Waals surface area contributed by atoms with Gasteiger partial charge < -0.3 is 20.6 Å². The fourth-order valence-corrected chi connectivity index (χ4v) is 1.70. The molecule has 1 unspecified atom stereocenters. The van der Waals surface area contributed by atoms with Crippen molar-refractivity contribution in [2.24, 2.45) is 5.92 Å². The number of carboxylic acids is 3. The van der Waals surface area contributed by atoms with Crippen LogP contribution in [0.25, 0.3) is 0 Å². The second kappa shape index (κ2) is 15.1. The third-order valence-corrected chi connectivity index (χ3v) is 3.37. The average molecular weight is 361 g/mol. The quantitative estimate of drug-likeness (QED) is 0.282. The van der Waals surface area contributed by atoms with Crippen molar-refractivity contribution in [1.29, 1.82) is 0 Å². The van der Waals surface area contributed by atoms with Crippen molar-refractivity contribution in [3.05, 3.63) is 0 Å². The number of aliphatic carboxylic acids is 3. The van der Waals surface area contributed by atoms with Gasteiger partial charge in [-0.05, 0) is 19.3 Å². The maximum atomic E-state index is 10.9. The number of carboxylic acid groups (broad SMARTS) is 3. The summed E-state index contributed by atoms with van der Waals surface area (Å²) in [5, 5.41) is 27.2. The van der Waals surface area contributed by atoms with Gasteiger partial charge in [-0.3, -0.25) is 19.2 Å². The number of nitrogens with one attached hydrogen (secondary N) is 1. The van der Waals surface area contributed by atoms with Crippen LogP contribution in [-0.4, -0.2) is 51.5 Å². The van der Waals surface area contributed by atoms with Gasteiger partial charge in [0.2, 0.25) is 6.41 Å². The molecule has 0 rings (SSSR count). The summed E-state index contributed by atoms with van der Waals surface area (Å²) >= 11 is 0. The first-order chi connectivity index (χ1) is 11.6. The van der Waals surface area contributed by atoms with E-state index < -0.39 is 23.9 Å². The standard InChI is InChI=1S/C10H18O3.C6H9NO5/c1-3-9(11)7-5-4-6-8(2)10(12)13;8-3-7-4(6(11)12)1-2-5(9)10/h8H,3-7H2,1-2H3,(H,12,13);3-4H,1-2H2,(H,7,8)(H,9,10)(H,11,12)/t;4-/m.0/s1. The van der Waals surface area contributed by atoms with Gasteiger partial charge >= 0.3 is 17.9 Å². The summed E-state index contributed by atoms with van der Waals surface area (Å²) in [5.41, 5.74) is 0. The summed E-state index contributed by atoms with van der Waals surface area (Å²) in [6.45, 7) is 3.55. The molecule has 0 aliphatic heterocycles. The molecule has 0 aromatic carbocycles. The molecule has 0 fully saturated rings. The SMILES string of the molecule is CCC(=O)CCCCC(C)C(=O)O.O=CN[C@@H](CCC(=O)O)C(=O)O. The maximum Gasteiger partial charge on any atom is 0.326 e. The largest absolute Gasteiger partial charge is 0.481 e. The highest BCUT2D eigenvalue weighted by Gasteiger charge is 2.16. The van der Waals surface area contributed by atoms with Gasteiger partial charge in [0, 0.05) is 19.3 Å². The van der Waals surface area contributed by atoms with Crippen LogP contribution in [0, 0.1) is 5.92 Å². The third kappa shape index (κ3) is 16.2. The predicted molar refractivity (Wildman–Crippen MR) is 88.1 cm³/mol. The lowest BCUT2D eigenvalue weighted by Gasteiger charge is -2.08. The molecule has 0 aromatic rings. The first kappa shape index (κ1) is 24.8. The number of carbonyl (C=O) groups excluding carboxylic acids is 2. The van der Waals surface area contributed by atoms with Crippen LogP contribution in [0.2, 0.25) is 0 Å². The normalized spacial score (nSPS) is 12.1.